The molecule has 2 atom stereocenters. The van der Waals surface area contributed by atoms with Crippen LogP contribution in [0, 0.1) is 5.92 Å². The molecule has 0 radical (unpaired) electrons. The molecular weight excluding hydrogens is 600 g/mol. The molecule has 8 rings (SSSR count). The van der Waals surface area contributed by atoms with Crippen molar-refractivity contribution in [1.29, 1.82) is 0 Å². The van der Waals surface area contributed by atoms with E-state index < -0.39 is 0 Å². The lowest BCUT2D eigenvalue weighted by Gasteiger charge is -2.40. The van der Waals surface area contributed by atoms with Crippen LogP contribution in [0.15, 0.2) is 84.9 Å². The van der Waals surface area contributed by atoms with Crippen LogP contribution in [0.1, 0.15) is 57.3 Å². The molecule has 2 saturated heterocycles. The van der Waals surface area contributed by atoms with E-state index in [-0.39, 0.29) is 23.5 Å². The van der Waals surface area contributed by atoms with Gasteiger partial charge < -0.3 is 29.7 Å². The number of nitrogens with zero attached hydrogens (tertiary/aromatic N) is 3. The summed E-state index contributed by atoms with van der Waals surface area (Å²) < 4.78 is 11.6. The lowest BCUT2D eigenvalue weighted by molar-refractivity contribution is 0.0965. The molecule has 0 aliphatic carbocycles. The standard InChI is InChI=1S/C40H44N4O4/c1-47-34-10-4-28(5-11-34)37-26-48-38-23-33(45)9-13-36(38)39(37)29-2-6-31(7-3-29)43-16-14-27(15-17-43)25-42-18-20-44(21-19-42)32-8-12-35-30(22-32)24-41-40(35)46/h2-13,22-23,27,37,39,45H,14-21,24-26H2,1H3,(H,41,46)/t37-,39-/m1/s1. The molecular formula is C40H44N4O4. The van der Waals surface area contributed by atoms with Crippen LogP contribution in [-0.4, -0.2) is 75.4 Å². The summed E-state index contributed by atoms with van der Waals surface area (Å²) in [5.41, 5.74) is 8.05. The van der Waals surface area contributed by atoms with Crippen molar-refractivity contribution in [3.63, 3.8) is 0 Å². The van der Waals surface area contributed by atoms with Gasteiger partial charge in [-0.05, 0) is 84.0 Å². The third-order valence-corrected chi connectivity index (χ3v) is 11.0. The first-order valence-electron chi connectivity index (χ1n) is 17.4. The Morgan fingerprint density at radius 2 is 1.52 bits per heavy atom. The number of amides is 1. The van der Waals surface area contributed by atoms with Crippen molar-refractivity contribution in [2.45, 2.75) is 31.2 Å². The molecule has 2 fully saturated rings. The molecule has 8 nitrogen and oxygen atoms in total. The average molecular weight is 645 g/mol. The number of piperidine rings is 1. The summed E-state index contributed by atoms with van der Waals surface area (Å²) in [7, 11) is 1.69. The van der Waals surface area contributed by atoms with E-state index in [1.54, 1.807) is 19.2 Å². The van der Waals surface area contributed by atoms with Crippen LogP contribution in [0.3, 0.4) is 0 Å². The Bertz CT molecular complexity index is 1760. The largest absolute Gasteiger partial charge is 0.508 e. The van der Waals surface area contributed by atoms with E-state index in [4.69, 9.17) is 9.47 Å². The van der Waals surface area contributed by atoms with Gasteiger partial charge in [0.05, 0.1) is 13.7 Å². The number of anilines is 2. The normalized spacial score (nSPS) is 21.3. The van der Waals surface area contributed by atoms with E-state index in [9.17, 15) is 9.90 Å². The maximum Gasteiger partial charge on any atom is 0.251 e. The molecule has 48 heavy (non-hydrogen) atoms. The number of carbonyl (C=O) groups is 1. The lowest BCUT2D eigenvalue weighted by atomic mass is 9.76. The predicted molar refractivity (Wildman–Crippen MR) is 189 cm³/mol. The van der Waals surface area contributed by atoms with Crippen molar-refractivity contribution in [2.75, 3.05) is 69.3 Å². The second-order valence-electron chi connectivity index (χ2n) is 13.7. The van der Waals surface area contributed by atoms with Gasteiger partial charge in [0.25, 0.3) is 5.91 Å². The van der Waals surface area contributed by atoms with Crippen LogP contribution in [0.4, 0.5) is 11.4 Å². The third-order valence-electron chi connectivity index (χ3n) is 11.0. The van der Waals surface area contributed by atoms with E-state index >= 15 is 0 Å². The zero-order valence-electron chi connectivity index (χ0n) is 27.6. The first-order chi connectivity index (χ1) is 23.5. The SMILES string of the molecule is COc1ccc([C@H]2COc3cc(O)ccc3[C@H]2c2ccc(N3CCC(CN4CCN(c5ccc6c(c5)CNC6=O)CC4)CC3)cc2)cc1. The van der Waals surface area contributed by atoms with Crippen LogP contribution in [-0.2, 0) is 6.54 Å². The minimum Gasteiger partial charge on any atom is -0.508 e. The van der Waals surface area contributed by atoms with E-state index in [0.29, 0.717) is 13.2 Å². The molecule has 0 aromatic heterocycles. The summed E-state index contributed by atoms with van der Waals surface area (Å²) in [5, 5.41) is 13.1. The first-order valence-corrected chi connectivity index (χ1v) is 17.4. The Morgan fingerprint density at radius 1 is 0.812 bits per heavy atom. The van der Waals surface area contributed by atoms with Gasteiger partial charge in [0.1, 0.15) is 17.2 Å². The molecule has 8 heteroatoms. The Labute approximate surface area is 282 Å². The number of hydrogen-bond donors (Lipinski definition) is 2. The number of piperazine rings is 1. The summed E-state index contributed by atoms with van der Waals surface area (Å²) in [5.74, 6) is 2.87. The molecule has 248 valence electrons. The van der Waals surface area contributed by atoms with Crippen LogP contribution < -0.4 is 24.6 Å². The Kier molecular flexibility index (Phi) is 8.34. The van der Waals surface area contributed by atoms with Gasteiger partial charge in [0.15, 0.2) is 0 Å². The minimum absolute atomic E-state index is 0.0482. The Balaban J connectivity index is 0.884. The highest BCUT2D eigenvalue weighted by Crippen LogP contribution is 2.47. The van der Waals surface area contributed by atoms with Gasteiger partial charge in [0.2, 0.25) is 0 Å². The number of ether oxygens (including phenoxy) is 2. The summed E-state index contributed by atoms with van der Waals surface area (Å²) in [6.45, 7) is 8.77. The van der Waals surface area contributed by atoms with Crippen molar-refractivity contribution in [3.8, 4) is 17.2 Å². The molecule has 4 aromatic rings. The van der Waals surface area contributed by atoms with Gasteiger partial charge in [-0.15, -0.1) is 0 Å². The number of aromatic hydroxyl groups is 1. The van der Waals surface area contributed by atoms with Gasteiger partial charge in [-0.2, -0.15) is 0 Å². The van der Waals surface area contributed by atoms with E-state index in [1.807, 2.05) is 24.3 Å². The Hall–Kier alpha value is -4.69. The number of phenolic OH excluding ortho intramolecular Hbond substituents is 1. The van der Waals surface area contributed by atoms with E-state index in [1.165, 1.54) is 41.9 Å². The monoisotopic (exact) mass is 644 g/mol. The van der Waals surface area contributed by atoms with Crippen molar-refractivity contribution >= 4 is 17.3 Å². The third kappa shape index (κ3) is 6.05. The topological polar surface area (TPSA) is 77.5 Å². The van der Waals surface area contributed by atoms with Crippen LogP contribution in [0.2, 0.25) is 0 Å². The van der Waals surface area contributed by atoms with Crippen molar-refractivity contribution < 1.29 is 19.4 Å². The van der Waals surface area contributed by atoms with E-state index in [2.05, 4.69) is 68.5 Å². The molecule has 4 aliphatic rings. The van der Waals surface area contributed by atoms with Crippen molar-refractivity contribution in [3.05, 3.63) is 113 Å². The quantitative estimate of drug-likeness (QED) is 0.256. The highest BCUT2D eigenvalue weighted by Gasteiger charge is 2.34. The number of phenols is 1. The number of methoxy groups -OCH3 is 1. The van der Waals surface area contributed by atoms with Crippen molar-refractivity contribution in [2.24, 2.45) is 5.92 Å². The minimum atomic E-state index is 0.0482. The molecule has 0 bridgehead atoms. The summed E-state index contributed by atoms with van der Waals surface area (Å²) in [6, 6.07) is 29.3. The fourth-order valence-corrected chi connectivity index (χ4v) is 8.18. The second-order valence-corrected chi connectivity index (χ2v) is 13.7. The summed E-state index contributed by atoms with van der Waals surface area (Å²) in [4.78, 5) is 19.6. The first kappa shape index (κ1) is 30.6. The number of benzene rings is 4. The maximum absolute atomic E-state index is 11.9. The van der Waals surface area contributed by atoms with Gasteiger partial charge in [-0.1, -0.05) is 30.3 Å². The summed E-state index contributed by atoms with van der Waals surface area (Å²) >= 11 is 0. The fraction of sp³-hybridized carbons (Fsp3) is 0.375. The molecule has 4 aromatic carbocycles. The number of carbonyl (C=O) groups excluding carboxylic acids is 1. The van der Waals surface area contributed by atoms with Crippen molar-refractivity contribution in [1.82, 2.24) is 10.2 Å². The molecule has 0 spiro atoms. The van der Waals surface area contributed by atoms with Gasteiger partial charge in [-0.3, -0.25) is 9.69 Å². The molecule has 2 N–H and O–H groups in total. The predicted octanol–water partition coefficient (Wildman–Crippen LogP) is 5.99. The van der Waals surface area contributed by atoms with Crippen LogP contribution in [0.25, 0.3) is 0 Å². The smallest absolute Gasteiger partial charge is 0.251 e. The second kappa shape index (κ2) is 13.1. The molecule has 4 heterocycles. The maximum atomic E-state index is 11.9. The molecule has 0 saturated carbocycles. The van der Waals surface area contributed by atoms with Gasteiger partial charge in [0, 0.05) is 92.8 Å². The average Bonchev–Trinajstić information content (AvgIpc) is 3.51. The van der Waals surface area contributed by atoms with Crippen LogP contribution >= 0.6 is 0 Å². The molecule has 4 aliphatic heterocycles. The van der Waals surface area contributed by atoms with Crippen LogP contribution in [0.5, 0.6) is 17.2 Å². The Morgan fingerprint density at radius 3 is 2.27 bits per heavy atom. The molecule has 0 unspecified atom stereocenters. The van der Waals surface area contributed by atoms with E-state index in [0.717, 1.165) is 73.4 Å². The van der Waals surface area contributed by atoms with Gasteiger partial charge >= 0.3 is 0 Å². The zero-order valence-corrected chi connectivity index (χ0v) is 27.6. The highest BCUT2D eigenvalue weighted by molar-refractivity contribution is 5.98. The number of rotatable bonds is 7. The zero-order chi connectivity index (χ0) is 32.6. The van der Waals surface area contributed by atoms with Gasteiger partial charge in [-0.25, -0.2) is 0 Å². The highest BCUT2D eigenvalue weighted by atomic mass is 16.5. The summed E-state index contributed by atoms with van der Waals surface area (Å²) in [6.07, 6.45) is 2.42. The molecule has 1 amide bonds. The fourth-order valence-electron chi connectivity index (χ4n) is 8.18. The lowest BCUT2D eigenvalue weighted by Crippen LogP contribution is -2.49. The number of fused-ring (bicyclic) bond motifs is 2. The number of nitrogens with one attached hydrogen (secondary N) is 1. The number of hydrogen-bond acceptors (Lipinski definition) is 7.